The van der Waals surface area contributed by atoms with Crippen LogP contribution in [0.3, 0.4) is 0 Å². The van der Waals surface area contributed by atoms with Crippen LogP contribution in [-0.4, -0.2) is 23.6 Å². The van der Waals surface area contributed by atoms with E-state index in [0.29, 0.717) is 5.82 Å². The summed E-state index contributed by atoms with van der Waals surface area (Å²) in [7, 11) is -3.64. The van der Waals surface area contributed by atoms with Crippen molar-refractivity contribution in [2.75, 3.05) is 0 Å². The molecule has 0 saturated carbocycles. The Bertz CT molecular complexity index is 701. The van der Waals surface area contributed by atoms with Crippen LogP contribution in [0.1, 0.15) is 24.4 Å². The van der Waals surface area contributed by atoms with Crippen LogP contribution in [0.4, 0.5) is 0 Å². The lowest BCUT2D eigenvalue weighted by Crippen LogP contribution is -2.27. The summed E-state index contributed by atoms with van der Waals surface area (Å²) in [5.41, 5.74) is 0.773. The quantitative estimate of drug-likeness (QED) is 0.850. The molecule has 2 aromatic rings. The Morgan fingerprint density at radius 3 is 2.65 bits per heavy atom. The highest BCUT2D eigenvalue weighted by atomic mass is 32.2. The van der Waals surface area contributed by atoms with Crippen molar-refractivity contribution in [1.29, 1.82) is 5.26 Å². The van der Waals surface area contributed by atoms with Gasteiger partial charge in [-0.2, -0.15) is 10.4 Å². The molecule has 0 spiro atoms. The second kappa shape index (κ2) is 5.81. The standard InChI is InChI=1S/C12H13N5O2S/c1-9(12-14-8-15-16-12)17-20(18,19)11-4-2-10(3-5-11)6-7-13/h2-5,8-9,17H,6H2,1H3,(H,14,15,16). The zero-order chi connectivity index (χ0) is 14.6. The molecule has 0 aliphatic carbocycles. The Labute approximate surface area is 116 Å². The lowest BCUT2D eigenvalue weighted by molar-refractivity contribution is 0.560. The molecule has 0 bridgehead atoms. The van der Waals surface area contributed by atoms with Gasteiger partial charge in [-0.3, -0.25) is 5.10 Å². The van der Waals surface area contributed by atoms with Crippen molar-refractivity contribution in [2.24, 2.45) is 0 Å². The van der Waals surface area contributed by atoms with Crippen LogP contribution in [-0.2, 0) is 16.4 Å². The van der Waals surface area contributed by atoms with Gasteiger partial charge in [0.05, 0.1) is 23.4 Å². The summed E-state index contributed by atoms with van der Waals surface area (Å²) in [6.07, 6.45) is 1.57. The first-order chi connectivity index (χ1) is 9.53. The van der Waals surface area contributed by atoms with Crippen molar-refractivity contribution in [2.45, 2.75) is 24.3 Å². The number of nitrogens with one attached hydrogen (secondary N) is 2. The fraction of sp³-hybridized carbons (Fsp3) is 0.250. The van der Waals surface area contributed by atoms with E-state index in [9.17, 15) is 8.42 Å². The fourth-order valence-corrected chi connectivity index (χ4v) is 2.87. The van der Waals surface area contributed by atoms with Crippen LogP contribution >= 0.6 is 0 Å². The molecule has 8 heteroatoms. The minimum atomic E-state index is -3.64. The molecule has 1 heterocycles. The third kappa shape index (κ3) is 3.20. The summed E-state index contributed by atoms with van der Waals surface area (Å²) in [5, 5.41) is 14.9. The van der Waals surface area contributed by atoms with Crippen molar-refractivity contribution >= 4 is 10.0 Å². The van der Waals surface area contributed by atoms with Crippen LogP contribution < -0.4 is 4.72 Å². The van der Waals surface area contributed by atoms with E-state index in [2.05, 4.69) is 19.9 Å². The normalized spacial score (nSPS) is 12.8. The highest BCUT2D eigenvalue weighted by Crippen LogP contribution is 2.14. The second-order valence-electron chi connectivity index (χ2n) is 4.19. The van der Waals surface area contributed by atoms with Gasteiger partial charge in [0, 0.05) is 0 Å². The van der Waals surface area contributed by atoms with Crippen LogP contribution in [0.5, 0.6) is 0 Å². The number of benzene rings is 1. The van der Waals surface area contributed by atoms with Gasteiger partial charge in [0.2, 0.25) is 10.0 Å². The van der Waals surface area contributed by atoms with Crippen LogP contribution in [0.15, 0.2) is 35.5 Å². The monoisotopic (exact) mass is 291 g/mol. The summed E-state index contributed by atoms with van der Waals surface area (Å²) in [4.78, 5) is 4.05. The number of nitrogens with zero attached hydrogens (tertiary/aromatic N) is 3. The molecular formula is C12H13N5O2S. The van der Waals surface area contributed by atoms with E-state index < -0.39 is 16.1 Å². The summed E-state index contributed by atoms with van der Waals surface area (Å²) >= 11 is 0. The zero-order valence-electron chi connectivity index (χ0n) is 10.7. The molecule has 2 rings (SSSR count). The van der Waals surface area contributed by atoms with Gasteiger partial charge in [0.15, 0.2) is 0 Å². The number of hydrogen-bond donors (Lipinski definition) is 2. The molecule has 20 heavy (non-hydrogen) atoms. The molecule has 0 amide bonds. The van der Waals surface area contributed by atoms with E-state index in [1.165, 1.54) is 18.5 Å². The number of aromatic nitrogens is 3. The smallest absolute Gasteiger partial charge is 0.241 e. The van der Waals surface area contributed by atoms with Gasteiger partial charge >= 0.3 is 0 Å². The van der Waals surface area contributed by atoms with E-state index >= 15 is 0 Å². The minimum Gasteiger partial charge on any atom is -0.262 e. The molecule has 2 N–H and O–H groups in total. The molecule has 0 fully saturated rings. The third-order valence-electron chi connectivity index (χ3n) is 2.69. The van der Waals surface area contributed by atoms with Gasteiger partial charge in [-0.15, -0.1) is 0 Å². The SMILES string of the molecule is CC(NS(=O)(=O)c1ccc(CC#N)cc1)c1ncn[nH]1. The zero-order valence-corrected chi connectivity index (χ0v) is 11.6. The van der Waals surface area contributed by atoms with Crippen LogP contribution in [0, 0.1) is 11.3 Å². The number of aromatic amines is 1. The highest BCUT2D eigenvalue weighted by Gasteiger charge is 2.19. The first-order valence-electron chi connectivity index (χ1n) is 5.86. The first kappa shape index (κ1) is 14.2. The largest absolute Gasteiger partial charge is 0.262 e. The Hall–Kier alpha value is -2.24. The lowest BCUT2D eigenvalue weighted by Gasteiger charge is -2.11. The van der Waals surface area contributed by atoms with Crippen molar-refractivity contribution in [3.05, 3.63) is 42.0 Å². The predicted octanol–water partition coefficient (Wildman–Crippen LogP) is 0.910. The van der Waals surface area contributed by atoms with Gasteiger partial charge in [-0.05, 0) is 24.6 Å². The molecule has 0 aliphatic rings. The van der Waals surface area contributed by atoms with Gasteiger partial charge in [-0.1, -0.05) is 12.1 Å². The van der Waals surface area contributed by atoms with E-state index in [0.717, 1.165) is 5.56 Å². The maximum Gasteiger partial charge on any atom is 0.241 e. The molecule has 1 aromatic carbocycles. The fourth-order valence-electron chi connectivity index (χ4n) is 1.66. The Balaban J connectivity index is 2.16. The maximum atomic E-state index is 12.2. The maximum absolute atomic E-state index is 12.2. The number of rotatable bonds is 5. The van der Waals surface area contributed by atoms with Crippen LogP contribution in [0.2, 0.25) is 0 Å². The summed E-state index contributed by atoms with van der Waals surface area (Å²) in [6.45, 7) is 1.67. The Kier molecular flexibility index (Phi) is 4.12. The molecule has 104 valence electrons. The molecule has 1 unspecified atom stereocenters. The van der Waals surface area contributed by atoms with E-state index in [-0.39, 0.29) is 11.3 Å². The van der Waals surface area contributed by atoms with Gasteiger partial charge in [0.25, 0.3) is 0 Å². The average molecular weight is 291 g/mol. The van der Waals surface area contributed by atoms with Crippen molar-refractivity contribution < 1.29 is 8.42 Å². The van der Waals surface area contributed by atoms with Crippen LogP contribution in [0.25, 0.3) is 0 Å². The predicted molar refractivity (Wildman–Crippen MR) is 70.9 cm³/mol. The van der Waals surface area contributed by atoms with Gasteiger partial charge in [0.1, 0.15) is 12.2 Å². The summed E-state index contributed by atoms with van der Waals surface area (Å²) in [6, 6.07) is 7.69. The Morgan fingerprint density at radius 1 is 1.40 bits per heavy atom. The Morgan fingerprint density at radius 2 is 2.10 bits per heavy atom. The molecular weight excluding hydrogens is 278 g/mol. The number of sulfonamides is 1. The first-order valence-corrected chi connectivity index (χ1v) is 7.35. The molecule has 0 saturated heterocycles. The van der Waals surface area contributed by atoms with Crippen molar-refractivity contribution in [3.8, 4) is 6.07 Å². The molecule has 1 aromatic heterocycles. The van der Waals surface area contributed by atoms with E-state index in [1.54, 1.807) is 19.1 Å². The molecule has 0 radical (unpaired) electrons. The second-order valence-corrected chi connectivity index (χ2v) is 5.91. The number of nitriles is 1. The number of H-pyrrole nitrogens is 1. The van der Waals surface area contributed by atoms with Crippen molar-refractivity contribution in [3.63, 3.8) is 0 Å². The van der Waals surface area contributed by atoms with Crippen molar-refractivity contribution in [1.82, 2.24) is 19.9 Å². The highest BCUT2D eigenvalue weighted by molar-refractivity contribution is 7.89. The average Bonchev–Trinajstić information content (AvgIpc) is 2.93. The number of hydrogen-bond acceptors (Lipinski definition) is 5. The lowest BCUT2D eigenvalue weighted by atomic mass is 10.2. The summed E-state index contributed by atoms with van der Waals surface area (Å²) < 4.78 is 26.8. The topological polar surface area (TPSA) is 112 Å². The van der Waals surface area contributed by atoms with E-state index in [4.69, 9.17) is 5.26 Å². The van der Waals surface area contributed by atoms with Gasteiger partial charge in [-0.25, -0.2) is 18.1 Å². The van der Waals surface area contributed by atoms with E-state index in [1.807, 2.05) is 6.07 Å². The summed E-state index contributed by atoms with van der Waals surface area (Å²) in [5.74, 6) is 0.440. The molecule has 1 atom stereocenters. The molecule has 0 aliphatic heterocycles. The molecule has 7 nitrogen and oxygen atoms in total. The minimum absolute atomic E-state index is 0.144. The third-order valence-corrected chi connectivity index (χ3v) is 4.25. The van der Waals surface area contributed by atoms with Gasteiger partial charge < -0.3 is 0 Å².